The Balaban J connectivity index is 2.93. The van der Waals surface area contributed by atoms with Crippen molar-refractivity contribution in [2.24, 2.45) is 0 Å². The molecule has 0 bridgehead atoms. The standard InChI is InChI=1S/C12H16F3NO2S/c1-3-16(9-8-12(13,14)15)19(17,18)11-6-4-10(2)5-7-11/h4-7H,3,8-9H2,1-2H3. The molecule has 1 rings (SSSR count). The molecule has 0 saturated carbocycles. The number of hydrogen-bond donors (Lipinski definition) is 0. The van der Waals surface area contributed by atoms with Gasteiger partial charge in [-0.3, -0.25) is 0 Å². The van der Waals surface area contributed by atoms with Gasteiger partial charge in [0.05, 0.1) is 11.3 Å². The van der Waals surface area contributed by atoms with Gasteiger partial charge in [-0.2, -0.15) is 17.5 Å². The molecular weight excluding hydrogens is 279 g/mol. The van der Waals surface area contributed by atoms with E-state index < -0.39 is 29.2 Å². The number of sulfonamides is 1. The minimum atomic E-state index is -4.36. The fraction of sp³-hybridized carbons (Fsp3) is 0.500. The van der Waals surface area contributed by atoms with Crippen molar-refractivity contribution in [3.63, 3.8) is 0 Å². The number of nitrogens with zero attached hydrogens (tertiary/aromatic N) is 1. The van der Waals surface area contributed by atoms with Crippen LogP contribution in [0, 0.1) is 6.92 Å². The first-order valence-corrected chi connectivity index (χ1v) is 7.24. The van der Waals surface area contributed by atoms with Crippen LogP contribution in [0.25, 0.3) is 0 Å². The van der Waals surface area contributed by atoms with E-state index in [0.29, 0.717) is 0 Å². The van der Waals surface area contributed by atoms with Crippen molar-refractivity contribution in [1.29, 1.82) is 0 Å². The average Bonchev–Trinajstić information content (AvgIpc) is 2.28. The lowest BCUT2D eigenvalue weighted by Crippen LogP contribution is -2.34. The zero-order valence-corrected chi connectivity index (χ0v) is 11.6. The molecule has 1 aromatic rings. The number of aryl methyl sites for hydroxylation is 1. The lowest BCUT2D eigenvalue weighted by Gasteiger charge is -2.21. The quantitative estimate of drug-likeness (QED) is 0.837. The molecule has 0 atom stereocenters. The molecule has 0 spiro atoms. The summed E-state index contributed by atoms with van der Waals surface area (Å²) in [6, 6.07) is 6.04. The lowest BCUT2D eigenvalue weighted by molar-refractivity contribution is -0.135. The highest BCUT2D eigenvalue weighted by Crippen LogP contribution is 2.22. The minimum absolute atomic E-state index is 0.00624. The van der Waals surface area contributed by atoms with Gasteiger partial charge in [0.25, 0.3) is 0 Å². The van der Waals surface area contributed by atoms with Gasteiger partial charge < -0.3 is 0 Å². The minimum Gasteiger partial charge on any atom is -0.207 e. The molecule has 0 radical (unpaired) electrons. The van der Waals surface area contributed by atoms with E-state index in [4.69, 9.17) is 0 Å². The lowest BCUT2D eigenvalue weighted by atomic mass is 10.2. The summed E-state index contributed by atoms with van der Waals surface area (Å²) in [7, 11) is -3.86. The summed E-state index contributed by atoms with van der Waals surface area (Å²) in [5, 5.41) is 0. The van der Waals surface area contributed by atoms with Crippen LogP contribution < -0.4 is 0 Å². The highest BCUT2D eigenvalue weighted by molar-refractivity contribution is 7.89. The van der Waals surface area contributed by atoms with Crippen molar-refractivity contribution in [2.45, 2.75) is 31.3 Å². The average molecular weight is 295 g/mol. The van der Waals surface area contributed by atoms with Crippen LogP contribution in [0.3, 0.4) is 0 Å². The number of benzene rings is 1. The fourth-order valence-electron chi connectivity index (χ4n) is 1.56. The fourth-order valence-corrected chi connectivity index (χ4v) is 3.01. The van der Waals surface area contributed by atoms with E-state index >= 15 is 0 Å². The number of rotatable bonds is 5. The summed E-state index contributed by atoms with van der Waals surface area (Å²) >= 11 is 0. The van der Waals surface area contributed by atoms with Crippen molar-refractivity contribution in [3.8, 4) is 0 Å². The van der Waals surface area contributed by atoms with Crippen molar-refractivity contribution in [1.82, 2.24) is 4.31 Å². The molecule has 0 aliphatic rings. The first-order chi connectivity index (χ1) is 8.66. The van der Waals surface area contributed by atoms with Crippen LogP contribution in [0.2, 0.25) is 0 Å². The second kappa shape index (κ2) is 5.92. The predicted molar refractivity (Wildman–Crippen MR) is 66.3 cm³/mol. The summed E-state index contributed by atoms with van der Waals surface area (Å²) in [6.07, 6.45) is -5.51. The molecule has 0 heterocycles. The van der Waals surface area contributed by atoms with E-state index in [-0.39, 0.29) is 11.4 Å². The molecule has 3 nitrogen and oxygen atoms in total. The van der Waals surface area contributed by atoms with Gasteiger partial charge in [-0.15, -0.1) is 0 Å². The molecule has 1 aromatic carbocycles. The van der Waals surface area contributed by atoms with Crippen molar-refractivity contribution in [3.05, 3.63) is 29.8 Å². The summed E-state index contributed by atoms with van der Waals surface area (Å²) < 4.78 is 61.7. The van der Waals surface area contributed by atoms with Gasteiger partial charge >= 0.3 is 6.18 Å². The summed E-state index contributed by atoms with van der Waals surface area (Å²) in [6.45, 7) is 2.77. The van der Waals surface area contributed by atoms with Crippen LogP contribution in [-0.2, 0) is 10.0 Å². The topological polar surface area (TPSA) is 37.4 Å². The Labute approximate surface area is 111 Å². The van der Waals surface area contributed by atoms with Crippen LogP contribution in [0.4, 0.5) is 13.2 Å². The summed E-state index contributed by atoms with van der Waals surface area (Å²) in [5.74, 6) is 0. The van der Waals surface area contributed by atoms with Crippen LogP contribution in [0.15, 0.2) is 29.2 Å². The Morgan fingerprint density at radius 1 is 1.16 bits per heavy atom. The molecule has 7 heteroatoms. The maximum absolute atomic E-state index is 12.2. The molecule has 108 valence electrons. The Kier molecular flexibility index (Phi) is 4.98. The maximum Gasteiger partial charge on any atom is 0.390 e. The Hall–Kier alpha value is -1.08. The second-order valence-corrected chi connectivity index (χ2v) is 6.11. The van der Waals surface area contributed by atoms with Gasteiger partial charge in [0.15, 0.2) is 0 Å². The van der Waals surface area contributed by atoms with Crippen molar-refractivity contribution < 1.29 is 21.6 Å². The third-order valence-electron chi connectivity index (χ3n) is 2.66. The highest BCUT2D eigenvalue weighted by atomic mass is 32.2. The Morgan fingerprint density at radius 3 is 2.11 bits per heavy atom. The van der Waals surface area contributed by atoms with Gasteiger partial charge in [0.1, 0.15) is 0 Å². The van der Waals surface area contributed by atoms with E-state index in [1.165, 1.54) is 19.1 Å². The zero-order chi connectivity index (χ0) is 14.7. The van der Waals surface area contributed by atoms with E-state index in [0.717, 1.165) is 9.87 Å². The van der Waals surface area contributed by atoms with E-state index in [9.17, 15) is 21.6 Å². The van der Waals surface area contributed by atoms with E-state index in [1.807, 2.05) is 0 Å². The van der Waals surface area contributed by atoms with Crippen LogP contribution in [0.1, 0.15) is 18.9 Å². The summed E-state index contributed by atoms with van der Waals surface area (Å²) in [5.41, 5.74) is 0.886. The van der Waals surface area contributed by atoms with Crippen LogP contribution in [-0.4, -0.2) is 32.0 Å². The number of alkyl halides is 3. The first kappa shape index (κ1) is 16.0. The molecule has 0 saturated heterocycles. The van der Waals surface area contributed by atoms with E-state index in [1.54, 1.807) is 19.1 Å². The monoisotopic (exact) mass is 295 g/mol. The SMILES string of the molecule is CCN(CCC(F)(F)F)S(=O)(=O)c1ccc(C)cc1. The maximum atomic E-state index is 12.2. The smallest absolute Gasteiger partial charge is 0.207 e. The third-order valence-corrected chi connectivity index (χ3v) is 4.64. The number of hydrogen-bond acceptors (Lipinski definition) is 2. The predicted octanol–water partition coefficient (Wildman–Crippen LogP) is 2.96. The van der Waals surface area contributed by atoms with Gasteiger partial charge in [-0.1, -0.05) is 24.6 Å². The zero-order valence-electron chi connectivity index (χ0n) is 10.7. The summed E-state index contributed by atoms with van der Waals surface area (Å²) in [4.78, 5) is 0.0159. The van der Waals surface area contributed by atoms with Crippen molar-refractivity contribution >= 4 is 10.0 Å². The largest absolute Gasteiger partial charge is 0.390 e. The normalized spacial score (nSPS) is 12.9. The van der Waals surface area contributed by atoms with E-state index in [2.05, 4.69) is 0 Å². The molecular formula is C12H16F3NO2S. The molecule has 0 amide bonds. The van der Waals surface area contributed by atoms with Crippen LogP contribution >= 0.6 is 0 Å². The number of halogens is 3. The van der Waals surface area contributed by atoms with Gasteiger partial charge in [-0.25, -0.2) is 8.42 Å². The first-order valence-electron chi connectivity index (χ1n) is 5.80. The van der Waals surface area contributed by atoms with Gasteiger partial charge in [-0.05, 0) is 19.1 Å². The third kappa shape index (κ3) is 4.50. The molecule has 0 unspecified atom stereocenters. The molecule has 19 heavy (non-hydrogen) atoms. The van der Waals surface area contributed by atoms with Crippen LogP contribution in [0.5, 0.6) is 0 Å². The Bertz CT molecular complexity index is 509. The van der Waals surface area contributed by atoms with Gasteiger partial charge in [0, 0.05) is 13.1 Å². The molecule has 0 fully saturated rings. The molecule has 0 N–H and O–H groups in total. The molecule has 0 aliphatic heterocycles. The Morgan fingerprint density at radius 2 is 1.68 bits per heavy atom. The molecule has 0 aliphatic carbocycles. The van der Waals surface area contributed by atoms with Gasteiger partial charge in [0.2, 0.25) is 10.0 Å². The van der Waals surface area contributed by atoms with Crippen molar-refractivity contribution in [2.75, 3.05) is 13.1 Å². The molecule has 0 aromatic heterocycles. The second-order valence-electron chi connectivity index (χ2n) is 4.17. The highest BCUT2D eigenvalue weighted by Gasteiger charge is 2.31.